The summed E-state index contributed by atoms with van der Waals surface area (Å²) in [5.74, 6) is -0.0957. The van der Waals surface area contributed by atoms with E-state index in [9.17, 15) is 9.59 Å². The molecule has 130 valence electrons. The molecule has 0 bridgehead atoms. The van der Waals surface area contributed by atoms with Gasteiger partial charge in [-0.25, -0.2) is 0 Å². The van der Waals surface area contributed by atoms with Crippen molar-refractivity contribution in [3.05, 3.63) is 29.8 Å². The van der Waals surface area contributed by atoms with Gasteiger partial charge in [0.2, 0.25) is 5.91 Å². The highest BCUT2D eigenvalue weighted by atomic mass is 16.5. The molecule has 1 unspecified atom stereocenters. The lowest BCUT2D eigenvalue weighted by atomic mass is 10.1. The molecule has 0 spiro atoms. The lowest BCUT2D eigenvalue weighted by molar-refractivity contribution is -0.117. The first-order valence-corrected chi connectivity index (χ1v) is 8.73. The third kappa shape index (κ3) is 4.33. The molecule has 0 saturated carbocycles. The Hall–Kier alpha value is -1.92. The van der Waals surface area contributed by atoms with Gasteiger partial charge in [0.15, 0.2) is 0 Å². The number of amides is 2. The number of carbonyl (C=O) groups is 2. The first kappa shape index (κ1) is 16.9. The minimum atomic E-state index is -0.100. The number of morpholine rings is 1. The van der Waals surface area contributed by atoms with Crippen LogP contribution in [0.3, 0.4) is 0 Å². The van der Waals surface area contributed by atoms with E-state index in [2.05, 4.69) is 10.6 Å². The van der Waals surface area contributed by atoms with Gasteiger partial charge in [-0.2, -0.15) is 0 Å². The molecule has 1 atom stereocenters. The maximum Gasteiger partial charge on any atom is 0.255 e. The number of piperidine rings is 1. The highest BCUT2D eigenvalue weighted by Crippen LogP contribution is 2.20. The highest BCUT2D eigenvalue weighted by Gasteiger charge is 2.22. The normalized spacial score (nSPS) is 21.3. The van der Waals surface area contributed by atoms with Crippen molar-refractivity contribution in [3.63, 3.8) is 0 Å². The molecule has 0 radical (unpaired) electrons. The smallest absolute Gasteiger partial charge is 0.255 e. The van der Waals surface area contributed by atoms with Gasteiger partial charge in [-0.1, -0.05) is 12.1 Å². The van der Waals surface area contributed by atoms with Crippen LogP contribution in [0.15, 0.2) is 24.3 Å². The second-order valence-corrected chi connectivity index (χ2v) is 6.38. The summed E-state index contributed by atoms with van der Waals surface area (Å²) in [4.78, 5) is 26.9. The minimum Gasteiger partial charge on any atom is -0.378 e. The van der Waals surface area contributed by atoms with E-state index >= 15 is 0 Å². The number of ether oxygens (including phenoxy) is 1. The van der Waals surface area contributed by atoms with E-state index in [1.54, 1.807) is 12.1 Å². The largest absolute Gasteiger partial charge is 0.378 e. The second-order valence-electron chi connectivity index (χ2n) is 6.38. The standard InChI is InChI=1S/C18H25N3O3/c22-17(12-14-13-24-11-8-19-14)20-16-7-3-2-6-15(16)18(23)21-9-4-1-5-10-21/h2-3,6-7,14,19H,1,4-5,8-13H2,(H,20,22). The van der Waals surface area contributed by atoms with Crippen molar-refractivity contribution in [1.29, 1.82) is 0 Å². The third-order valence-electron chi connectivity index (χ3n) is 4.51. The van der Waals surface area contributed by atoms with E-state index in [1.165, 1.54) is 6.42 Å². The van der Waals surface area contributed by atoms with Gasteiger partial charge in [0.25, 0.3) is 5.91 Å². The van der Waals surface area contributed by atoms with E-state index in [4.69, 9.17) is 4.74 Å². The van der Waals surface area contributed by atoms with E-state index in [-0.39, 0.29) is 17.9 Å². The Bertz CT molecular complexity index is 579. The SMILES string of the molecule is O=C(CC1COCCN1)Nc1ccccc1C(=O)N1CCCCC1. The summed E-state index contributed by atoms with van der Waals surface area (Å²) >= 11 is 0. The van der Waals surface area contributed by atoms with Gasteiger partial charge in [-0.05, 0) is 31.4 Å². The first-order chi connectivity index (χ1) is 11.7. The summed E-state index contributed by atoms with van der Waals surface area (Å²) in [6.07, 6.45) is 3.62. The van der Waals surface area contributed by atoms with Gasteiger partial charge in [0.1, 0.15) is 0 Å². The molecular formula is C18H25N3O3. The van der Waals surface area contributed by atoms with Crippen molar-refractivity contribution in [2.45, 2.75) is 31.7 Å². The van der Waals surface area contributed by atoms with Gasteiger partial charge < -0.3 is 20.3 Å². The van der Waals surface area contributed by atoms with Crippen LogP contribution in [-0.2, 0) is 9.53 Å². The molecule has 3 rings (SSSR count). The number of hydrogen-bond acceptors (Lipinski definition) is 4. The number of likely N-dealkylation sites (tertiary alicyclic amines) is 1. The van der Waals surface area contributed by atoms with Gasteiger partial charge in [-0.3, -0.25) is 9.59 Å². The molecule has 0 aromatic heterocycles. The molecule has 2 aliphatic heterocycles. The van der Waals surface area contributed by atoms with E-state index < -0.39 is 0 Å². The second kappa shape index (κ2) is 8.26. The third-order valence-corrected chi connectivity index (χ3v) is 4.51. The maximum absolute atomic E-state index is 12.7. The zero-order chi connectivity index (χ0) is 16.8. The topological polar surface area (TPSA) is 70.7 Å². The average Bonchev–Trinajstić information content (AvgIpc) is 2.63. The number of hydrogen-bond donors (Lipinski definition) is 2. The van der Waals surface area contributed by atoms with Crippen molar-refractivity contribution in [3.8, 4) is 0 Å². The molecule has 24 heavy (non-hydrogen) atoms. The van der Waals surface area contributed by atoms with Crippen molar-refractivity contribution in [1.82, 2.24) is 10.2 Å². The van der Waals surface area contributed by atoms with Gasteiger partial charge in [0.05, 0.1) is 24.5 Å². The number of anilines is 1. The highest BCUT2D eigenvalue weighted by molar-refractivity contribution is 6.03. The Kier molecular flexibility index (Phi) is 5.82. The monoisotopic (exact) mass is 331 g/mol. The van der Waals surface area contributed by atoms with Crippen molar-refractivity contribution in [2.24, 2.45) is 0 Å². The van der Waals surface area contributed by atoms with Crippen LogP contribution in [0.4, 0.5) is 5.69 Å². The zero-order valence-corrected chi connectivity index (χ0v) is 13.9. The van der Waals surface area contributed by atoms with Crippen molar-refractivity contribution in [2.75, 3.05) is 38.2 Å². The van der Waals surface area contributed by atoms with Crippen LogP contribution in [0, 0.1) is 0 Å². The Morgan fingerprint density at radius 3 is 2.75 bits per heavy atom. The van der Waals surface area contributed by atoms with Crippen LogP contribution in [0.2, 0.25) is 0 Å². The van der Waals surface area contributed by atoms with Crippen LogP contribution in [0.5, 0.6) is 0 Å². The summed E-state index contributed by atoms with van der Waals surface area (Å²) in [5.41, 5.74) is 1.16. The molecule has 2 heterocycles. The van der Waals surface area contributed by atoms with E-state index in [0.29, 0.717) is 30.9 Å². The van der Waals surface area contributed by atoms with Crippen LogP contribution >= 0.6 is 0 Å². The summed E-state index contributed by atoms with van der Waals surface area (Å²) in [7, 11) is 0. The predicted octanol–water partition coefficient (Wildman–Crippen LogP) is 1.63. The fourth-order valence-corrected chi connectivity index (χ4v) is 3.22. The van der Waals surface area contributed by atoms with Crippen LogP contribution in [0.25, 0.3) is 0 Å². The molecule has 6 nitrogen and oxygen atoms in total. The van der Waals surface area contributed by atoms with Crippen LogP contribution in [-0.4, -0.2) is 55.6 Å². The molecule has 2 saturated heterocycles. The average molecular weight is 331 g/mol. The van der Waals surface area contributed by atoms with Gasteiger partial charge in [0, 0.05) is 32.1 Å². The molecule has 2 aliphatic rings. The Labute approximate surface area is 142 Å². The zero-order valence-electron chi connectivity index (χ0n) is 13.9. The van der Waals surface area contributed by atoms with E-state index in [0.717, 1.165) is 32.5 Å². The molecule has 1 aromatic rings. The lowest BCUT2D eigenvalue weighted by Crippen LogP contribution is -2.43. The number of nitrogens with zero attached hydrogens (tertiary/aromatic N) is 1. The Balaban J connectivity index is 1.64. The molecule has 0 aliphatic carbocycles. The maximum atomic E-state index is 12.7. The molecule has 6 heteroatoms. The number of benzene rings is 1. The predicted molar refractivity (Wildman–Crippen MR) is 92.1 cm³/mol. The van der Waals surface area contributed by atoms with E-state index in [1.807, 2.05) is 17.0 Å². The number of carbonyl (C=O) groups excluding carboxylic acids is 2. The van der Waals surface area contributed by atoms with Crippen LogP contribution in [0.1, 0.15) is 36.0 Å². The van der Waals surface area contributed by atoms with Gasteiger partial charge in [-0.15, -0.1) is 0 Å². The van der Waals surface area contributed by atoms with Crippen LogP contribution < -0.4 is 10.6 Å². The molecule has 2 N–H and O–H groups in total. The quantitative estimate of drug-likeness (QED) is 0.880. The first-order valence-electron chi connectivity index (χ1n) is 8.73. The molecule has 2 fully saturated rings. The summed E-state index contributed by atoms with van der Waals surface area (Å²) in [5, 5.41) is 6.16. The van der Waals surface area contributed by atoms with Crippen molar-refractivity contribution < 1.29 is 14.3 Å². The fourth-order valence-electron chi connectivity index (χ4n) is 3.22. The minimum absolute atomic E-state index is 0.00437. The summed E-state index contributed by atoms with van der Waals surface area (Å²) in [6, 6.07) is 7.28. The number of para-hydroxylation sites is 1. The van der Waals surface area contributed by atoms with Crippen molar-refractivity contribution >= 4 is 17.5 Å². The fraction of sp³-hybridized carbons (Fsp3) is 0.556. The lowest BCUT2D eigenvalue weighted by Gasteiger charge is -2.27. The summed E-state index contributed by atoms with van der Waals surface area (Å²) in [6.45, 7) is 3.59. The summed E-state index contributed by atoms with van der Waals surface area (Å²) < 4.78 is 5.37. The molecular weight excluding hydrogens is 306 g/mol. The molecule has 2 amide bonds. The Morgan fingerprint density at radius 1 is 1.21 bits per heavy atom. The molecule has 1 aromatic carbocycles. The Morgan fingerprint density at radius 2 is 2.00 bits per heavy atom. The van der Waals surface area contributed by atoms with Gasteiger partial charge >= 0.3 is 0 Å². The number of nitrogens with one attached hydrogen (secondary N) is 2. The number of rotatable bonds is 4.